The number of rotatable bonds is 3. The molecule has 8 heteroatoms. The maximum atomic E-state index is 13.1. The van der Waals surface area contributed by atoms with E-state index in [4.69, 9.17) is 9.47 Å². The normalized spacial score (nSPS) is 18.0. The second-order valence-corrected chi connectivity index (χ2v) is 9.61. The maximum absolute atomic E-state index is 13.1. The van der Waals surface area contributed by atoms with Gasteiger partial charge in [0.05, 0.1) is 0 Å². The number of carboxylic acids is 1. The molecule has 0 spiro atoms. The number of benzene rings is 2. The molecule has 4 rings (SSSR count). The maximum Gasteiger partial charge on any atom is 0.410 e. The molecule has 1 atom stereocenters. The summed E-state index contributed by atoms with van der Waals surface area (Å²) in [6.45, 7) is 5.81. The summed E-state index contributed by atoms with van der Waals surface area (Å²) in [5.41, 5.74) is 3.73. The Balaban J connectivity index is 1.47. The van der Waals surface area contributed by atoms with Crippen molar-refractivity contribution < 1.29 is 29.0 Å². The van der Waals surface area contributed by atoms with E-state index in [-0.39, 0.29) is 38.6 Å². The summed E-state index contributed by atoms with van der Waals surface area (Å²) in [5.74, 6) is -1.25. The Morgan fingerprint density at radius 1 is 0.912 bits per heavy atom. The summed E-state index contributed by atoms with van der Waals surface area (Å²) in [6.07, 6.45) is -1.12. The topological polar surface area (TPSA) is 96.4 Å². The fraction of sp³-hybridized carbons (Fsp3) is 0.423. The Kier molecular flexibility index (Phi) is 6.50. The van der Waals surface area contributed by atoms with Crippen molar-refractivity contribution in [1.29, 1.82) is 0 Å². The monoisotopic (exact) mass is 466 g/mol. The lowest BCUT2D eigenvalue weighted by Crippen LogP contribution is -2.46. The van der Waals surface area contributed by atoms with Crippen LogP contribution in [0, 0.1) is 0 Å². The number of carboxylic acid groups (broad SMARTS) is 1. The van der Waals surface area contributed by atoms with E-state index in [1.165, 1.54) is 9.80 Å². The lowest BCUT2D eigenvalue weighted by atomic mass is 9.98. The minimum atomic E-state index is -1.13. The molecule has 2 amide bonds. The number of aliphatic carboxylic acids is 1. The fourth-order valence-corrected chi connectivity index (χ4v) is 4.59. The second-order valence-electron chi connectivity index (χ2n) is 9.61. The molecule has 34 heavy (non-hydrogen) atoms. The first kappa shape index (κ1) is 23.6. The molecule has 0 radical (unpaired) electrons. The summed E-state index contributed by atoms with van der Waals surface area (Å²) in [5, 5.41) is 9.75. The van der Waals surface area contributed by atoms with Crippen molar-refractivity contribution >= 4 is 18.2 Å². The van der Waals surface area contributed by atoms with Gasteiger partial charge in [0.2, 0.25) is 0 Å². The zero-order chi connectivity index (χ0) is 24.5. The van der Waals surface area contributed by atoms with Crippen molar-refractivity contribution in [2.45, 2.75) is 44.8 Å². The molecule has 2 aliphatic rings. The van der Waals surface area contributed by atoms with Gasteiger partial charge in [-0.3, -0.25) is 4.90 Å². The molecule has 2 aromatic carbocycles. The van der Waals surface area contributed by atoms with E-state index in [0.717, 1.165) is 22.3 Å². The molecule has 1 aliphatic carbocycles. The fourth-order valence-electron chi connectivity index (χ4n) is 4.59. The van der Waals surface area contributed by atoms with Crippen LogP contribution < -0.4 is 0 Å². The van der Waals surface area contributed by atoms with Crippen LogP contribution in [0.1, 0.15) is 44.2 Å². The molecule has 0 aromatic heterocycles. The van der Waals surface area contributed by atoms with Gasteiger partial charge in [-0.15, -0.1) is 0 Å². The summed E-state index contributed by atoms with van der Waals surface area (Å²) in [6, 6.07) is 15.0. The number of carbonyl (C=O) groups is 3. The van der Waals surface area contributed by atoms with Gasteiger partial charge in [-0.1, -0.05) is 48.5 Å². The zero-order valence-electron chi connectivity index (χ0n) is 19.7. The largest absolute Gasteiger partial charge is 0.480 e. The summed E-state index contributed by atoms with van der Waals surface area (Å²) in [4.78, 5) is 40.1. The highest BCUT2D eigenvalue weighted by atomic mass is 16.6. The van der Waals surface area contributed by atoms with E-state index in [1.54, 1.807) is 20.8 Å². The van der Waals surface area contributed by atoms with Gasteiger partial charge in [0, 0.05) is 25.6 Å². The van der Waals surface area contributed by atoms with Crippen molar-refractivity contribution in [1.82, 2.24) is 9.80 Å². The molecule has 1 heterocycles. The van der Waals surface area contributed by atoms with Gasteiger partial charge < -0.3 is 19.5 Å². The predicted octanol–water partition coefficient (Wildman–Crippen LogP) is 4.33. The van der Waals surface area contributed by atoms with Crippen LogP contribution in [-0.4, -0.2) is 70.9 Å². The SMILES string of the molecule is CC(C)(C)OC(=O)N1CCC(C(=O)O)N(C(=O)OCC2c3ccccc3-c3ccccc32)CC1. The minimum Gasteiger partial charge on any atom is -0.480 e. The number of amides is 2. The Labute approximate surface area is 199 Å². The number of carbonyl (C=O) groups excluding carboxylic acids is 2. The first-order valence-electron chi connectivity index (χ1n) is 11.5. The van der Waals surface area contributed by atoms with Crippen molar-refractivity contribution in [3.63, 3.8) is 0 Å². The lowest BCUT2D eigenvalue weighted by molar-refractivity contribution is -0.142. The number of hydrogen-bond donors (Lipinski definition) is 1. The zero-order valence-corrected chi connectivity index (χ0v) is 19.7. The molecule has 0 bridgehead atoms. The third kappa shape index (κ3) is 4.85. The van der Waals surface area contributed by atoms with Crippen LogP contribution >= 0.6 is 0 Å². The Bertz CT molecular complexity index is 1050. The van der Waals surface area contributed by atoms with Gasteiger partial charge in [-0.25, -0.2) is 14.4 Å². The van der Waals surface area contributed by atoms with Crippen LogP contribution in [-0.2, 0) is 14.3 Å². The van der Waals surface area contributed by atoms with Crippen molar-refractivity contribution in [3.05, 3.63) is 59.7 Å². The lowest BCUT2D eigenvalue weighted by Gasteiger charge is -2.27. The minimum absolute atomic E-state index is 0.0485. The molecule has 180 valence electrons. The van der Waals surface area contributed by atoms with E-state index >= 15 is 0 Å². The smallest absolute Gasteiger partial charge is 0.410 e. The van der Waals surface area contributed by atoms with E-state index in [9.17, 15) is 19.5 Å². The highest BCUT2D eigenvalue weighted by molar-refractivity contribution is 5.81. The molecule has 1 fully saturated rings. The van der Waals surface area contributed by atoms with Gasteiger partial charge in [-0.2, -0.15) is 0 Å². The number of ether oxygens (including phenoxy) is 2. The van der Waals surface area contributed by atoms with Gasteiger partial charge in [0.25, 0.3) is 0 Å². The number of hydrogen-bond acceptors (Lipinski definition) is 5. The molecular formula is C26H30N2O6. The summed E-state index contributed by atoms with van der Waals surface area (Å²) < 4.78 is 11.1. The van der Waals surface area contributed by atoms with Crippen LogP contribution in [0.25, 0.3) is 11.1 Å². The third-order valence-electron chi connectivity index (χ3n) is 6.17. The molecule has 1 N–H and O–H groups in total. The van der Waals surface area contributed by atoms with Crippen LogP contribution in [0.2, 0.25) is 0 Å². The van der Waals surface area contributed by atoms with Gasteiger partial charge in [0.15, 0.2) is 0 Å². The molecular weight excluding hydrogens is 436 g/mol. The van der Waals surface area contributed by atoms with Crippen LogP contribution in [0.4, 0.5) is 9.59 Å². The highest BCUT2D eigenvalue weighted by Crippen LogP contribution is 2.44. The van der Waals surface area contributed by atoms with Gasteiger partial charge in [0.1, 0.15) is 18.2 Å². The van der Waals surface area contributed by atoms with Crippen LogP contribution in [0.3, 0.4) is 0 Å². The first-order valence-corrected chi connectivity index (χ1v) is 11.5. The summed E-state index contributed by atoms with van der Waals surface area (Å²) in [7, 11) is 0. The van der Waals surface area contributed by atoms with E-state index in [0.29, 0.717) is 0 Å². The van der Waals surface area contributed by atoms with Crippen LogP contribution in [0.5, 0.6) is 0 Å². The standard InChI is InChI=1S/C26H30N2O6/c1-26(2,3)34-24(31)27-13-12-22(23(29)30)28(15-14-27)25(32)33-16-21-19-10-6-4-8-17(19)18-9-5-7-11-20(18)21/h4-11,21-22H,12-16H2,1-3H3,(H,29,30). The second kappa shape index (κ2) is 9.37. The Morgan fingerprint density at radius 3 is 2.06 bits per heavy atom. The summed E-state index contributed by atoms with van der Waals surface area (Å²) >= 11 is 0. The van der Waals surface area contributed by atoms with E-state index < -0.39 is 29.8 Å². The molecule has 0 saturated carbocycles. The Hall–Kier alpha value is -3.55. The van der Waals surface area contributed by atoms with Gasteiger partial charge in [-0.05, 0) is 49.4 Å². The van der Waals surface area contributed by atoms with Crippen molar-refractivity contribution in [3.8, 4) is 11.1 Å². The number of nitrogens with zero attached hydrogens (tertiary/aromatic N) is 2. The van der Waals surface area contributed by atoms with Crippen molar-refractivity contribution in [2.75, 3.05) is 26.2 Å². The predicted molar refractivity (Wildman–Crippen MR) is 126 cm³/mol. The van der Waals surface area contributed by atoms with Crippen molar-refractivity contribution in [2.24, 2.45) is 0 Å². The molecule has 8 nitrogen and oxygen atoms in total. The highest BCUT2D eigenvalue weighted by Gasteiger charge is 2.37. The third-order valence-corrected chi connectivity index (χ3v) is 6.17. The average Bonchev–Trinajstić information content (AvgIpc) is 2.93. The van der Waals surface area contributed by atoms with Crippen LogP contribution in [0.15, 0.2) is 48.5 Å². The average molecular weight is 467 g/mol. The van der Waals surface area contributed by atoms with E-state index in [2.05, 4.69) is 12.1 Å². The first-order chi connectivity index (χ1) is 16.2. The number of fused-ring (bicyclic) bond motifs is 3. The molecule has 1 saturated heterocycles. The van der Waals surface area contributed by atoms with Gasteiger partial charge >= 0.3 is 18.2 Å². The quantitative estimate of drug-likeness (QED) is 0.723. The van der Waals surface area contributed by atoms with E-state index in [1.807, 2.05) is 36.4 Å². The molecule has 2 aromatic rings. The molecule has 1 aliphatic heterocycles. The Morgan fingerprint density at radius 2 is 1.50 bits per heavy atom. The molecule has 1 unspecified atom stereocenters.